The summed E-state index contributed by atoms with van der Waals surface area (Å²) < 4.78 is 13.7. The van der Waals surface area contributed by atoms with Crippen molar-refractivity contribution in [2.24, 2.45) is 5.41 Å². The topological polar surface area (TPSA) is 69.6 Å². The molecule has 1 atom stereocenters. The monoisotopic (exact) mass is 300 g/mol. The lowest BCUT2D eigenvalue weighted by Crippen LogP contribution is -2.37. The van der Waals surface area contributed by atoms with Crippen LogP contribution in [0, 0.1) is 11.2 Å². The van der Waals surface area contributed by atoms with Crippen LogP contribution in [-0.2, 0) is 4.79 Å². The quantitative estimate of drug-likeness (QED) is 0.882. The normalized spacial score (nSPS) is 21.9. The van der Waals surface area contributed by atoms with Crippen LogP contribution in [-0.4, -0.2) is 35.1 Å². The highest BCUT2D eigenvalue weighted by Gasteiger charge is 2.42. The van der Waals surface area contributed by atoms with Crippen molar-refractivity contribution in [3.63, 3.8) is 0 Å². The highest BCUT2D eigenvalue weighted by atomic mass is 35.5. The Kier molecular flexibility index (Phi) is 3.85. The largest absolute Gasteiger partial charge is 0.481 e. The summed E-state index contributed by atoms with van der Waals surface area (Å²) in [4.78, 5) is 24.5. The molecule has 108 valence electrons. The van der Waals surface area contributed by atoms with Crippen molar-refractivity contribution < 1.29 is 19.1 Å². The Morgan fingerprint density at radius 2 is 2.20 bits per heavy atom. The van der Waals surface area contributed by atoms with Crippen LogP contribution in [0.1, 0.15) is 13.3 Å². The highest BCUT2D eigenvalue weighted by Crippen LogP contribution is 2.31. The van der Waals surface area contributed by atoms with Crippen LogP contribution in [0.2, 0.25) is 5.02 Å². The van der Waals surface area contributed by atoms with Gasteiger partial charge in [0.2, 0.25) is 0 Å². The molecule has 7 heteroatoms. The Labute approximate surface area is 120 Å². The SMILES string of the molecule is CC1(C(=O)O)CCN(C(=O)Nc2cccc(Cl)c2F)C1. The Hall–Kier alpha value is -1.82. The van der Waals surface area contributed by atoms with Gasteiger partial charge in [0.25, 0.3) is 0 Å². The molecule has 2 rings (SSSR count). The lowest BCUT2D eigenvalue weighted by molar-refractivity contribution is -0.146. The van der Waals surface area contributed by atoms with Crippen LogP contribution >= 0.6 is 11.6 Å². The van der Waals surface area contributed by atoms with Gasteiger partial charge in [0.05, 0.1) is 16.1 Å². The zero-order valence-electron chi connectivity index (χ0n) is 10.8. The van der Waals surface area contributed by atoms with E-state index in [1.54, 1.807) is 6.92 Å². The van der Waals surface area contributed by atoms with E-state index in [-0.39, 0.29) is 17.3 Å². The fourth-order valence-corrected chi connectivity index (χ4v) is 2.28. The first-order valence-corrected chi connectivity index (χ1v) is 6.44. The molecular weight excluding hydrogens is 287 g/mol. The fourth-order valence-electron chi connectivity index (χ4n) is 2.10. The number of nitrogens with zero attached hydrogens (tertiary/aromatic N) is 1. The minimum atomic E-state index is -0.954. The van der Waals surface area contributed by atoms with E-state index < -0.39 is 23.2 Å². The van der Waals surface area contributed by atoms with Gasteiger partial charge in [0.1, 0.15) is 0 Å². The average molecular weight is 301 g/mol. The summed E-state index contributed by atoms with van der Waals surface area (Å²) in [6, 6.07) is 3.76. The van der Waals surface area contributed by atoms with Crippen molar-refractivity contribution in [2.75, 3.05) is 18.4 Å². The summed E-state index contributed by atoms with van der Waals surface area (Å²) in [6.45, 7) is 2.00. The molecule has 0 radical (unpaired) electrons. The maximum absolute atomic E-state index is 13.7. The highest BCUT2D eigenvalue weighted by molar-refractivity contribution is 6.31. The standard InChI is InChI=1S/C13H14ClFN2O3/c1-13(11(18)19)5-6-17(7-13)12(20)16-9-4-2-3-8(14)10(9)15/h2-4H,5-7H2,1H3,(H,16,20)(H,18,19). The van der Waals surface area contributed by atoms with Crippen LogP contribution in [0.25, 0.3) is 0 Å². The predicted molar refractivity (Wildman–Crippen MR) is 72.4 cm³/mol. The number of benzene rings is 1. The molecule has 1 fully saturated rings. The maximum atomic E-state index is 13.7. The number of rotatable bonds is 2. The number of nitrogens with one attached hydrogen (secondary N) is 1. The number of amides is 2. The molecule has 0 aliphatic carbocycles. The number of carboxylic acid groups (broad SMARTS) is 1. The lowest BCUT2D eigenvalue weighted by atomic mass is 9.90. The zero-order valence-corrected chi connectivity index (χ0v) is 11.6. The van der Waals surface area contributed by atoms with E-state index in [0.29, 0.717) is 13.0 Å². The predicted octanol–water partition coefficient (Wildman–Crippen LogP) is 2.81. The Morgan fingerprint density at radius 3 is 2.80 bits per heavy atom. The molecule has 1 aromatic rings. The van der Waals surface area contributed by atoms with Crippen LogP contribution in [0.3, 0.4) is 0 Å². The first-order chi connectivity index (χ1) is 9.33. The lowest BCUT2D eigenvalue weighted by Gasteiger charge is -2.20. The summed E-state index contributed by atoms with van der Waals surface area (Å²) in [6.07, 6.45) is 0.369. The van der Waals surface area contributed by atoms with Crippen molar-refractivity contribution in [3.05, 3.63) is 29.0 Å². The molecule has 1 saturated heterocycles. The van der Waals surface area contributed by atoms with Gasteiger partial charge in [-0.15, -0.1) is 0 Å². The van der Waals surface area contributed by atoms with Crippen molar-refractivity contribution in [3.8, 4) is 0 Å². The molecule has 0 spiro atoms. The molecule has 2 amide bonds. The van der Waals surface area contributed by atoms with Crippen LogP contribution in [0.15, 0.2) is 18.2 Å². The first kappa shape index (κ1) is 14.6. The number of urea groups is 1. The van der Waals surface area contributed by atoms with Gasteiger partial charge in [-0.3, -0.25) is 4.79 Å². The van der Waals surface area contributed by atoms with Gasteiger partial charge in [-0.1, -0.05) is 17.7 Å². The van der Waals surface area contributed by atoms with Gasteiger partial charge in [-0.05, 0) is 25.5 Å². The van der Waals surface area contributed by atoms with E-state index in [2.05, 4.69) is 5.32 Å². The second-order valence-electron chi connectivity index (χ2n) is 5.07. The number of carbonyl (C=O) groups is 2. The number of carboxylic acids is 1. The van der Waals surface area contributed by atoms with Gasteiger partial charge >= 0.3 is 12.0 Å². The number of hydrogen-bond acceptors (Lipinski definition) is 2. The maximum Gasteiger partial charge on any atom is 0.321 e. The minimum absolute atomic E-state index is 0.0218. The van der Waals surface area contributed by atoms with E-state index >= 15 is 0 Å². The Bertz CT molecular complexity index is 567. The molecule has 0 saturated carbocycles. The number of halogens is 2. The molecule has 0 bridgehead atoms. The van der Waals surface area contributed by atoms with E-state index in [9.17, 15) is 14.0 Å². The summed E-state index contributed by atoms with van der Waals surface area (Å²) in [5, 5.41) is 11.4. The zero-order chi connectivity index (χ0) is 14.9. The second-order valence-corrected chi connectivity index (χ2v) is 5.48. The number of carbonyl (C=O) groups excluding carboxylic acids is 1. The van der Waals surface area contributed by atoms with E-state index in [0.717, 1.165) is 0 Å². The third kappa shape index (κ3) is 2.70. The molecule has 1 heterocycles. The molecule has 1 unspecified atom stereocenters. The second kappa shape index (κ2) is 5.28. The average Bonchev–Trinajstić information content (AvgIpc) is 2.79. The third-order valence-electron chi connectivity index (χ3n) is 3.47. The van der Waals surface area contributed by atoms with Crippen LogP contribution in [0.5, 0.6) is 0 Å². The smallest absolute Gasteiger partial charge is 0.321 e. The fraction of sp³-hybridized carbons (Fsp3) is 0.385. The molecule has 1 aromatic carbocycles. The van der Waals surface area contributed by atoms with Crippen molar-refractivity contribution in [2.45, 2.75) is 13.3 Å². The summed E-state index contributed by atoms with van der Waals surface area (Å²) in [5.41, 5.74) is -0.976. The molecule has 5 nitrogen and oxygen atoms in total. The summed E-state index contributed by atoms with van der Waals surface area (Å²) in [7, 11) is 0. The Balaban J connectivity index is 2.07. The van der Waals surface area contributed by atoms with Gasteiger partial charge in [-0.2, -0.15) is 0 Å². The van der Waals surface area contributed by atoms with Gasteiger partial charge < -0.3 is 15.3 Å². The van der Waals surface area contributed by atoms with Crippen LogP contribution < -0.4 is 5.32 Å². The number of anilines is 1. The van der Waals surface area contributed by atoms with E-state index in [4.69, 9.17) is 16.7 Å². The first-order valence-electron chi connectivity index (χ1n) is 6.07. The van der Waals surface area contributed by atoms with Crippen LogP contribution in [0.4, 0.5) is 14.9 Å². The molecule has 1 aliphatic heterocycles. The number of likely N-dealkylation sites (tertiary alicyclic amines) is 1. The molecule has 1 aliphatic rings. The number of hydrogen-bond donors (Lipinski definition) is 2. The van der Waals surface area contributed by atoms with Crippen molar-refractivity contribution in [1.82, 2.24) is 4.90 Å². The molecule has 2 N–H and O–H groups in total. The molecule has 0 aromatic heterocycles. The molecule has 20 heavy (non-hydrogen) atoms. The summed E-state index contributed by atoms with van der Waals surface area (Å²) >= 11 is 5.63. The van der Waals surface area contributed by atoms with E-state index in [1.807, 2.05) is 0 Å². The Morgan fingerprint density at radius 1 is 1.50 bits per heavy atom. The number of aliphatic carboxylic acids is 1. The van der Waals surface area contributed by atoms with Crippen molar-refractivity contribution >= 4 is 29.3 Å². The van der Waals surface area contributed by atoms with Crippen molar-refractivity contribution in [1.29, 1.82) is 0 Å². The van der Waals surface area contributed by atoms with E-state index in [1.165, 1.54) is 23.1 Å². The van der Waals surface area contributed by atoms with Gasteiger partial charge in [0.15, 0.2) is 5.82 Å². The van der Waals surface area contributed by atoms with Gasteiger partial charge in [0, 0.05) is 13.1 Å². The van der Waals surface area contributed by atoms with Gasteiger partial charge in [-0.25, -0.2) is 9.18 Å². The summed E-state index contributed by atoms with van der Waals surface area (Å²) in [5.74, 6) is -1.65. The third-order valence-corrected chi connectivity index (χ3v) is 3.76. The molecular formula is C13H14ClFN2O3. The minimum Gasteiger partial charge on any atom is -0.481 e.